The Morgan fingerprint density at radius 2 is 1.65 bits per heavy atom. The Kier molecular flexibility index (Phi) is 7.40. The molecule has 0 atom stereocenters. The van der Waals surface area contributed by atoms with E-state index in [0.717, 1.165) is 42.0 Å². The number of amides is 2. The van der Waals surface area contributed by atoms with Crippen molar-refractivity contribution >= 4 is 17.5 Å². The molecule has 4 aromatic rings. The van der Waals surface area contributed by atoms with Gasteiger partial charge in [0.2, 0.25) is 0 Å². The molecule has 0 spiro atoms. The van der Waals surface area contributed by atoms with Crippen molar-refractivity contribution in [3.8, 4) is 11.4 Å². The minimum Gasteiger partial charge on any atom is -0.354 e. The van der Waals surface area contributed by atoms with Crippen molar-refractivity contribution in [2.75, 3.05) is 36.4 Å². The number of halogens is 1. The van der Waals surface area contributed by atoms with Crippen molar-refractivity contribution in [3.63, 3.8) is 0 Å². The molecule has 2 heterocycles. The quantitative estimate of drug-likeness (QED) is 0.373. The highest BCUT2D eigenvalue weighted by Crippen LogP contribution is 2.28. The highest BCUT2D eigenvalue weighted by Gasteiger charge is 2.24. The van der Waals surface area contributed by atoms with Gasteiger partial charge in [-0.05, 0) is 37.1 Å². The third-order valence-electron chi connectivity index (χ3n) is 6.61. The van der Waals surface area contributed by atoms with Gasteiger partial charge in [-0.1, -0.05) is 66.7 Å². The lowest BCUT2D eigenvalue weighted by molar-refractivity contribution is 0.215. The largest absolute Gasteiger partial charge is 0.354 e. The number of rotatable bonds is 5. The van der Waals surface area contributed by atoms with Gasteiger partial charge in [0.1, 0.15) is 11.6 Å². The molecule has 0 bridgehead atoms. The maximum Gasteiger partial charge on any atom is 0.321 e. The molecule has 5 rings (SSSR count). The summed E-state index contributed by atoms with van der Waals surface area (Å²) in [7, 11) is 0. The number of aromatic nitrogens is 2. The molecule has 2 amide bonds. The predicted octanol–water partition coefficient (Wildman–Crippen LogP) is 5.93. The Morgan fingerprint density at radius 3 is 2.41 bits per heavy atom. The summed E-state index contributed by atoms with van der Waals surface area (Å²) in [5.74, 6) is 1.25. The molecule has 1 N–H and O–H groups in total. The van der Waals surface area contributed by atoms with Crippen LogP contribution in [0.15, 0.2) is 84.9 Å². The fourth-order valence-electron chi connectivity index (χ4n) is 4.67. The summed E-state index contributed by atoms with van der Waals surface area (Å²) >= 11 is 0. The summed E-state index contributed by atoms with van der Waals surface area (Å²) in [6, 6.07) is 26.1. The fraction of sp³-hybridized carbons (Fsp3) is 0.233. The van der Waals surface area contributed by atoms with Gasteiger partial charge < -0.3 is 15.1 Å². The Hall–Kier alpha value is -4.26. The van der Waals surface area contributed by atoms with Crippen molar-refractivity contribution in [1.29, 1.82) is 0 Å². The number of hydrogen-bond acceptors (Lipinski definition) is 4. The van der Waals surface area contributed by atoms with E-state index in [9.17, 15) is 9.18 Å². The van der Waals surface area contributed by atoms with Crippen molar-refractivity contribution in [2.45, 2.75) is 19.8 Å². The first-order valence-corrected chi connectivity index (χ1v) is 12.6. The van der Waals surface area contributed by atoms with Gasteiger partial charge in [0, 0.05) is 55.1 Å². The Bertz CT molecular complexity index is 1360. The van der Waals surface area contributed by atoms with Crippen LogP contribution in [0.3, 0.4) is 0 Å². The summed E-state index contributed by atoms with van der Waals surface area (Å²) in [5, 5.41) is 2.82. The van der Waals surface area contributed by atoms with E-state index >= 15 is 0 Å². The number of benzene rings is 3. The minimum atomic E-state index is -0.376. The van der Waals surface area contributed by atoms with Gasteiger partial charge in [-0.15, -0.1) is 0 Å². The van der Waals surface area contributed by atoms with Gasteiger partial charge in [0.25, 0.3) is 0 Å². The molecule has 1 aliphatic heterocycles. The van der Waals surface area contributed by atoms with Crippen LogP contribution in [0, 0.1) is 12.7 Å². The summed E-state index contributed by atoms with van der Waals surface area (Å²) < 4.78 is 13.6. The van der Waals surface area contributed by atoms with Crippen LogP contribution < -0.4 is 10.2 Å². The molecule has 7 heteroatoms. The Labute approximate surface area is 216 Å². The zero-order chi connectivity index (χ0) is 25.6. The van der Waals surface area contributed by atoms with Crippen LogP contribution in [0.2, 0.25) is 0 Å². The second kappa shape index (κ2) is 11.2. The molecule has 188 valence electrons. The molecule has 1 aromatic heterocycles. The molecule has 1 saturated heterocycles. The average Bonchev–Trinajstić information content (AvgIpc) is 3.17. The van der Waals surface area contributed by atoms with E-state index in [1.165, 1.54) is 17.7 Å². The number of nitrogens with one attached hydrogen (secondary N) is 1. The zero-order valence-electron chi connectivity index (χ0n) is 20.9. The molecular weight excluding hydrogens is 465 g/mol. The minimum absolute atomic E-state index is 0.221. The number of carbonyl (C=O) groups is 1. The predicted molar refractivity (Wildman–Crippen MR) is 145 cm³/mol. The number of nitrogens with zero attached hydrogens (tertiary/aromatic N) is 4. The molecule has 3 aromatic carbocycles. The van der Waals surface area contributed by atoms with Crippen molar-refractivity contribution < 1.29 is 9.18 Å². The van der Waals surface area contributed by atoms with Crippen LogP contribution in [0.25, 0.3) is 11.4 Å². The maximum absolute atomic E-state index is 13.6. The van der Waals surface area contributed by atoms with Gasteiger partial charge >= 0.3 is 6.03 Å². The highest BCUT2D eigenvalue weighted by atomic mass is 19.1. The number of carbonyl (C=O) groups excluding carboxylic acids is 1. The normalized spacial score (nSPS) is 13.8. The molecule has 0 aliphatic carbocycles. The van der Waals surface area contributed by atoms with Crippen molar-refractivity contribution in [3.05, 3.63) is 108 Å². The molecule has 1 fully saturated rings. The van der Waals surface area contributed by atoms with Crippen LogP contribution in [0.5, 0.6) is 0 Å². The molecule has 0 radical (unpaired) electrons. The molecule has 0 unspecified atom stereocenters. The third kappa shape index (κ3) is 5.94. The third-order valence-corrected chi connectivity index (χ3v) is 6.61. The van der Waals surface area contributed by atoms with E-state index in [2.05, 4.69) is 22.3 Å². The summed E-state index contributed by atoms with van der Waals surface area (Å²) in [6.07, 6.45) is 1.53. The van der Waals surface area contributed by atoms with Gasteiger partial charge in [-0.25, -0.2) is 19.2 Å². The number of urea groups is 1. The number of hydrogen-bond donors (Lipinski definition) is 1. The van der Waals surface area contributed by atoms with Crippen LogP contribution in [-0.2, 0) is 6.42 Å². The summed E-state index contributed by atoms with van der Waals surface area (Å²) in [5.41, 5.74) is 4.69. The van der Waals surface area contributed by atoms with Gasteiger partial charge in [0.05, 0.1) is 0 Å². The van der Waals surface area contributed by atoms with Crippen LogP contribution >= 0.6 is 0 Å². The van der Waals surface area contributed by atoms with E-state index in [-0.39, 0.29) is 11.8 Å². The topological polar surface area (TPSA) is 61.4 Å². The molecule has 1 aliphatic rings. The van der Waals surface area contributed by atoms with E-state index < -0.39 is 0 Å². The lowest BCUT2D eigenvalue weighted by Gasteiger charge is -2.26. The first-order valence-electron chi connectivity index (χ1n) is 12.6. The average molecular weight is 496 g/mol. The van der Waals surface area contributed by atoms with Crippen LogP contribution in [0.4, 0.5) is 20.7 Å². The molecule has 0 saturated carbocycles. The number of aryl methyl sites for hydroxylation is 1. The van der Waals surface area contributed by atoms with E-state index in [0.29, 0.717) is 31.1 Å². The highest BCUT2D eigenvalue weighted by molar-refractivity contribution is 5.89. The van der Waals surface area contributed by atoms with Gasteiger partial charge in [-0.2, -0.15) is 0 Å². The second-order valence-corrected chi connectivity index (χ2v) is 9.23. The first kappa shape index (κ1) is 24.4. The fourth-order valence-corrected chi connectivity index (χ4v) is 4.67. The first-order chi connectivity index (χ1) is 18.1. The Morgan fingerprint density at radius 1 is 0.892 bits per heavy atom. The lowest BCUT2D eigenvalue weighted by Crippen LogP contribution is -2.38. The van der Waals surface area contributed by atoms with E-state index in [1.54, 1.807) is 17.0 Å². The van der Waals surface area contributed by atoms with Crippen molar-refractivity contribution in [1.82, 2.24) is 14.9 Å². The zero-order valence-corrected chi connectivity index (χ0v) is 20.9. The SMILES string of the molecule is Cc1nc(-c2ccccc2)nc(N2CCCN(C(=O)Nc3cccc(F)c3)CC2)c1Cc1ccccc1. The molecule has 6 nitrogen and oxygen atoms in total. The monoisotopic (exact) mass is 495 g/mol. The van der Waals surface area contributed by atoms with Gasteiger partial charge in [-0.3, -0.25) is 0 Å². The van der Waals surface area contributed by atoms with Gasteiger partial charge in [0.15, 0.2) is 5.82 Å². The van der Waals surface area contributed by atoms with Crippen molar-refractivity contribution in [2.24, 2.45) is 0 Å². The van der Waals surface area contributed by atoms with Crippen LogP contribution in [0.1, 0.15) is 23.2 Å². The summed E-state index contributed by atoms with van der Waals surface area (Å²) in [4.78, 5) is 26.9. The molecular formula is C30H30FN5O. The van der Waals surface area contributed by atoms with E-state index in [1.807, 2.05) is 55.5 Å². The maximum atomic E-state index is 13.6. The molecule has 37 heavy (non-hydrogen) atoms. The van der Waals surface area contributed by atoms with E-state index in [4.69, 9.17) is 9.97 Å². The lowest BCUT2D eigenvalue weighted by atomic mass is 10.0. The number of anilines is 2. The Balaban J connectivity index is 1.41. The second-order valence-electron chi connectivity index (χ2n) is 9.23. The standard InChI is InChI=1S/C30H30FN5O/c1-22-27(20-23-10-4-2-5-11-23)29(34-28(32-22)24-12-6-3-7-13-24)35-16-9-17-36(19-18-35)30(37)33-26-15-8-14-25(31)21-26/h2-8,10-15,21H,9,16-20H2,1H3,(H,33,37). The smallest absolute Gasteiger partial charge is 0.321 e. The van der Waals surface area contributed by atoms with Crippen LogP contribution in [-0.4, -0.2) is 47.1 Å². The summed E-state index contributed by atoms with van der Waals surface area (Å²) in [6.45, 7) is 4.61.